The van der Waals surface area contributed by atoms with Gasteiger partial charge in [0.15, 0.2) is 11.5 Å². The van der Waals surface area contributed by atoms with E-state index in [1.807, 2.05) is 6.08 Å². The molecule has 0 aliphatic rings. The molecule has 0 bridgehead atoms. The van der Waals surface area contributed by atoms with E-state index in [9.17, 15) is 5.11 Å². The van der Waals surface area contributed by atoms with Crippen LogP contribution in [0.3, 0.4) is 0 Å². The maximum atomic E-state index is 9.91. The quantitative estimate of drug-likeness (QED) is 0.768. The van der Waals surface area contributed by atoms with Gasteiger partial charge >= 0.3 is 0 Å². The summed E-state index contributed by atoms with van der Waals surface area (Å²) in [5.74, 6) is 0.529. The Morgan fingerprint density at radius 3 is 2.88 bits per heavy atom. The lowest BCUT2D eigenvalue weighted by molar-refractivity contribution is 0.369. The van der Waals surface area contributed by atoms with Gasteiger partial charge < -0.3 is 15.2 Å². The van der Waals surface area contributed by atoms with Gasteiger partial charge in [0.25, 0.3) is 0 Å². The Morgan fingerprint density at radius 2 is 2.29 bits per heavy atom. The maximum absolute atomic E-state index is 9.91. The van der Waals surface area contributed by atoms with Crippen LogP contribution in [0.2, 0.25) is 5.02 Å². The second-order valence-electron chi connectivity index (χ2n) is 3.92. The zero-order chi connectivity index (χ0) is 12.8. The van der Waals surface area contributed by atoms with Gasteiger partial charge in [-0.15, -0.1) is 6.58 Å². The summed E-state index contributed by atoms with van der Waals surface area (Å²) < 4.78 is 5.04. The molecule has 1 aromatic rings. The fourth-order valence-electron chi connectivity index (χ4n) is 1.54. The number of halogens is 1. The van der Waals surface area contributed by atoms with E-state index in [0.29, 0.717) is 23.4 Å². The summed E-state index contributed by atoms with van der Waals surface area (Å²) in [4.78, 5) is 0. The molecule has 0 aliphatic carbocycles. The van der Waals surface area contributed by atoms with Crippen LogP contribution >= 0.6 is 11.6 Å². The molecule has 4 heteroatoms. The molecule has 17 heavy (non-hydrogen) atoms. The third kappa shape index (κ3) is 3.95. The van der Waals surface area contributed by atoms with E-state index in [0.717, 1.165) is 12.0 Å². The maximum Gasteiger partial charge on any atom is 0.162 e. The summed E-state index contributed by atoms with van der Waals surface area (Å²) in [7, 11) is 1.50. The third-order valence-electron chi connectivity index (χ3n) is 2.50. The Bertz CT molecular complexity index is 393. The highest BCUT2D eigenvalue weighted by Crippen LogP contribution is 2.33. The highest BCUT2D eigenvalue weighted by atomic mass is 35.5. The van der Waals surface area contributed by atoms with Gasteiger partial charge in [-0.1, -0.05) is 17.7 Å². The van der Waals surface area contributed by atoms with Crippen LogP contribution in [0.4, 0.5) is 0 Å². The highest BCUT2D eigenvalue weighted by Gasteiger charge is 2.10. The van der Waals surface area contributed by atoms with E-state index < -0.39 is 0 Å². The van der Waals surface area contributed by atoms with Crippen molar-refractivity contribution in [3.8, 4) is 11.5 Å². The lowest BCUT2D eigenvalue weighted by atomic mass is 10.1. The molecule has 0 amide bonds. The van der Waals surface area contributed by atoms with Crippen molar-refractivity contribution in [1.82, 2.24) is 5.32 Å². The Labute approximate surface area is 107 Å². The van der Waals surface area contributed by atoms with E-state index in [1.54, 1.807) is 12.1 Å². The number of methoxy groups -OCH3 is 1. The van der Waals surface area contributed by atoms with Gasteiger partial charge in [-0.2, -0.15) is 0 Å². The third-order valence-corrected chi connectivity index (χ3v) is 2.72. The first-order valence-electron chi connectivity index (χ1n) is 5.48. The van der Waals surface area contributed by atoms with Gasteiger partial charge in [0.05, 0.1) is 7.11 Å². The molecule has 0 fully saturated rings. The van der Waals surface area contributed by atoms with Crippen molar-refractivity contribution >= 4 is 11.6 Å². The molecule has 0 saturated heterocycles. The standard InChI is InChI=1S/C13H18ClNO2/c1-4-5-9(2)15-8-10-6-11(14)7-12(17-3)13(10)16/h4,6-7,9,15-16H,1,5,8H2,2-3H3. The molecule has 1 rings (SSSR count). The number of hydrogen-bond donors (Lipinski definition) is 2. The largest absolute Gasteiger partial charge is 0.504 e. The molecule has 1 unspecified atom stereocenters. The Kier molecular flexibility index (Phi) is 5.32. The molecule has 0 heterocycles. The number of benzene rings is 1. The summed E-state index contributed by atoms with van der Waals surface area (Å²) >= 11 is 5.94. The van der Waals surface area contributed by atoms with Crippen LogP contribution in [-0.2, 0) is 6.54 Å². The first-order valence-corrected chi connectivity index (χ1v) is 5.86. The van der Waals surface area contributed by atoms with Gasteiger partial charge in [-0.05, 0) is 19.4 Å². The van der Waals surface area contributed by atoms with Crippen LogP contribution < -0.4 is 10.1 Å². The van der Waals surface area contributed by atoms with E-state index >= 15 is 0 Å². The van der Waals surface area contributed by atoms with E-state index in [4.69, 9.17) is 16.3 Å². The van der Waals surface area contributed by atoms with Crippen molar-refractivity contribution in [1.29, 1.82) is 0 Å². The second kappa shape index (κ2) is 6.52. The molecule has 0 aromatic heterocycles. The predicted molar refractivity (Wildman–Crippen MR) is 70.8 cm³/mol. The average molecular weight is 256 g/mol. The van der Waals surface area contributed by atoms with Crippen LogP contribution in [0.5, 0.6) is 11.5 Å². The van der Waals surface area contributed by atoms with E-state index in [2.05, 4.69) is 18.8 Å². The molecular weight excluding hydrogens is 238 g/mol. The number of rotatable bonds is 6. The van der Waals surface area contributed by atoms with E-state index in [-0.39, 0.29) is 5.75 Å². The fourth-order valence-corrected chi connectivity index (χ4v) is 1.77. The minimum absolute atomic E-state index is 0.134. The molecule has 1 atom stereocenters. The topological polar surface area (TPSA) is 41.5 Å². The molecule has 3 nitrogen and oxygen atoms in total. The first kappa shape index (κ1) is 13.9. The smallest absolute Gasteiger partial charge is 0.162 e. The molecule has 0 radical (unpaired) electrons. The molecule has 94 valence electrons. The molecule has 0 saturated carbocycles. The number of phenolic OH excluding ortho intramolecular Hbond substituents is 1. The van der Waals surface area contributed by atoms with Crippen molar-refractivity contribution in [3.63, 3.8) is 0 Å². The molecule has 0 spiro atoms. The van der Waals surface area contributed by atoms with Crippen LogP contribution in [0.15, 0.2) is 24.8 Å². The first-order chi connectivity index (χ1) is 8.08. The lowest BCUT2D eigenvalue weighted by Gasteiger charge is -2.14. The number of ether oxygens (including phenoxy) is 1. The zero-order valence-corrected chi connectivity index (χ0v) is 10.9. The highest BCUT2D eigenvalue weighted by molar-refractivity contribution is 6.30. The normalized spacial score (nSPS) is 12.2. The number of phenols is 1. The van der Waals surface area contributed by atoms with Gasteiger partial charge in [0, 0.05) is 29.2 Å². The molecular formula is C13H18ClNO2. The van der Waals surface area contributed by atoms with Crippen molar-refractivity contribution in [2.45, 2.75) is 25.9 Å². The van der Waals surface area contributed by atoms with E-state index in [1.165, 1.54) is 7.11 Å². The predicted octanol–water partition coefficient (Wildman–Crippen LogP) is 3.11. The Hall–Kier alpha value is -1.19. The number of nitrogens with one attached hydrogen (secondary N) is 1. The summed E-state index contributed by atoms with van der Waals surface area (Å²) in [6, 6.07) is 3.62. The van der Waals surface area contributed by atoms with Gasteiger partial charge in [-0.25, -0.2) is 0 Å². The minimum Gasteiger partial charge on any atom is -0.504 e. The lowest BCUT2D eigenvalue weighted by Crippen LogP contribution is -2.24. The second-order valence-corrected chi connectivity index (χ2v) is 4.36. The molecule has 2 N–H and O–H groups in total. The number of hydrogen-bond acceptors (Lipinski definition) is 3. The SMILES string of the molecule is C=CCC(C)NCc1cc(Cl)cc(OC)c1O. The Balaban J connectivity index is 2.76. The van der Waals surface area contributed by atoms with Crippen LogP contribution in [-0.4, -0.2) is 18.3 Å². The van der Waals surface area contributed by atoms with Gasteiger partial charge in [0.1, 0.15) is 0 Å². The molecule has 0 aliphatic heterocycles. The Morgan fingerprint density at radius 1 is 1.59 bits per heavy atom. The van der Waals surface area contributed by atoms with Crippen LogP contribution in [0.1, 0.15) is 18.9 Å². The minimum atomic E-state index is 0.134. The van der Waals surface area contributed by atoms with Crippen LogP contribution in [0.25, 0.3) is 0 Å². The van der Waals surface area contributed by atoms with Gasteiger partial charge in [-0.3, -0.25) is 0 Å². The fraction of sp³-hybridized carbons (Fsp3) is 0.385. The van der Waals surface area contributed by atoms with Crippen molar-refractivity contribution < 1.29 is 9.84 Å². The van der Waals surface area contributed by atoms with Crippen molar-refractivity contribution in [2.24, 2.45) is 0 Å². The molecule has 1 aromatic carbocycles. The van der Waals surface area contributed by atoms with Crippen molar-refractivity contribution in [3.05, 3.63) is 35.4 Å². The summed E-state index contributed by atoms with van der Waals surface area (Å²) in [5, 5.41) is 13.7. The monoisotopic (exact) mass is 255 g/mol. The van der Waals surface area contributed by atoms with Crippen LogP contribution in [0, 0.1) is 0 Å². The van der Waals surface area contributed by atoms with Crippen molar-refractivity contribution in [2.75, 3.05) is 7.11 Å². The summed E-state index contributed by atoms with van der Waals surface area (Å²) in [6.45, 7) is 6.28. The number of aromatic hydroxyl groups is 1. The summed E-state index contributed by atoms with van der Waals surface area (Å²) in [5.41, 5.74) is 0.727. The zero-order valence-electron chi connectivity index (χ0n) is 10.2. The average Bonchev–Trinajstić information content (AvgIpc) is 2.30. The summed E-state index contributed by atoms with van der Waals surface area (Å²) in [6.07, 6.45) is 2.73. The van der Waals surface area contributed by atoms with Gasteiger partial charge in [0.2, 0.25) is 0 Å².